The Balaban J connectivity index is 2.15. The fourth-order valence-electron chi connectivity index (χ4n) is 2.08. The minimum Gasteiger partial charge on any atom is -0.496 e. The fraction of sp³-hybridized carbons (Fsp3) is 0.294. The third-order valence-corrected chi connectivity index (χ3v) is 4.18. The Bertz CT molecular complexity index is 546. The van der Waals surface area contributed by atoms with E-state index >= 15 is 0 Å². The SMILES string of the molecule is COc1cc(C(Br)Cc2ccc(C)cc2)ccc1C. The molecule has 0 heterocycles. The van der Waals surface area contributed by atoms with Gasteiger partial charge in [-0.2, -0.15) is 0 Å². The van der Waals surface area contributed by atoms with Gasteiger partial charge in [-0.1, -0.05) is 57.9 Å². The maximum absolute atomic E-state index is 5.38. The second-order valence-electron chi connectivity index (χ2n) is 4.89. The third kappa shape index (κ3) is 3.60. The Morgan fingerprint density at radius 3 is 2.37 bits per heavy atom. The first-order chi connectivity index (χ1) is 9.10. The molecule has 0 N–H and O–H groups in total. The third-order valence-electron chi connectivity index (χ3n) is 3.33. The van der Waals surface area contributed by atoms with Crippen molar-refractivity contribution in [2.75, 3.05) is 7.11 Å². The van der Waals surface area contributed by atoms with Crippen molar-refractivity contribution in [2.24, 2.45) is 0 Å². The molecule has 0 bridgehead atoms. The van der Waals surface area contributed by atoms with Crippen molar-refractivity contribution in [2.45, 2.75) is 25.1 Å². The van der Waals surface area contributed by atoms with Crippen LogP contribution in [0, 0.1) is 13.8 Å². The van der Waals surface area contributed by atoms with Crippen molar-refractivity contribution < 1.29 is 4.74 Å². The van der Waals surface area contributed by atoms with Gasteiger partial charge in [-0.15, -0.1) is 0 Å². The number of ether oxygens (including phenoxy) is 1. The van der Waals surface area contributed by atoms with Crippen LogP contribution in [0.5, 0.6) is 5.75 Å². The molecule has 0 aliphatic carbocycles. The fourth-order valence-corrected chi connectivity index (χ4v) is 2.74. The highest BCUT2D eigenvalue weighted by molar-refractivity contribution is 9.09. The van der Waals surface area contributed by atoms with Crippen LogP contribution in [0.4, 0.5) is 0 Å². The maximum atomic E-state index is 5.38. The van der Waals surface area contributed by atoms with Gasteiger partial charge in [0.05, 0.1) is 7.11 Å². The van der Waals surface area contributed by atoms with Crippen LogP contribution < -0.4 is 4.74 Å². The zero-order chi connectivity index (χ0) is 13.8. The van der Waals surface area contributed by atoms with Crippen LogP contribution in [0.1, 0.15) is 27.1 Å². The zero-order valence-corrected chi connectivity index (χ0v) is 13.2. The van der Waals surface area contributed by atoms with Crippen LogP contribution >= 0.6 is 15.9 Å². The summed E-state index contributed by atoms with van der Waals surface area (Å²) >= 11 is 3.77. The van der Waals surface area contributed by atoms with Crippen molar-refractivity contribution in [3.8, 4) is 5.75 Å². The van der Waals surface area contributed by atoms with Gasteiger partial charge in [0.15, 0.2) is 0 Å². The maximum Gasteiger partial charge on any atom is 0.122 e. The van der Waals surface area contributed by atoms with E-state index in [9.17, 15) is 0 Å². The van der Waals surface area contributed by atoms with Gasteiger partial charge < -0.3 is 4.74 Å². The first-order valence-electron chi connectivity index (χ1n) is 6.44. The lowest BCUT2D eigenvalue weighted by atomic mass is 10.0. The standard InChI is InChI=1S/C17H19BrO/c1-12-4-7-14(8-5-12)10-16(18)15-9-6-13(2)17(11-15)19-3/h4-9,11,16H,10H2,1-3H3. The predicted molar refractivity (Wildman–Crippen MR) is 84.3 cm³/mol. The summed E-state index contributed by atoms with van der Waals surface area (Å²) < 4.78 is 5.38. The average Bonchev–Trinajstić information content (AvgIpc) is 2.42. The molecule has 19 heavy (non-hydrogen) atoms. The van der Waals surface area contributed by atoms with Crippen LogP contribution in [0.2, 0.25) is 0 Å². The number of alkyl halides is 1. The van der Waals surface area contributed by atoms with Gasteiger partial charge in [-0.3, -0.25) is 0 Å². The normalized spacial score (nSPS) is 12.2. The summed E-state index contributed by atoms with van der Waals surface area (Å²) in [5.41, 5.74) is 5.06. The molecule has 2 aromatic rings. The summed E-state index contributed by atoms with van der Waals surface area (Å²) in [5.74, 6) is 0.950. The van der Waals surface area contributed by atoms with Gasteiger partial charge in [0.2, 0.25) is 0 Å². The molecule has 0 radical (unpaired) electrons. The number of aryl methyl sites for hydroxylation is 2. The van der Waals surface area contributed by atoms with E-state index in [0.717, 1.165) is 12.2 Å². The number of benzene rings is 2. The smallest absolute Gasteiger partial charge is 0.122 e. The number of methoxy groups -OCH3 is 1. The molecule has 1 nitrogen and oxygen atoms in total. The van der Waals surface area contributed by atoms with E-state index < -0.39 is 0 Å². The summed E-state index contributed by atoms with van der Waals surface area (Å²) in [7, 11) is 1.72. The van der Waals surface area contributed by atoms with Gasteiger partial charge >= 0.3 is 0 Å². The Morgan fingerprint density at radius 1 is 1.05 bits per heavy atom. The van der Waals surface area contributed by atoms with E-state index in [1.54, 1.807) is 7.11 Å². The molecule has 1 atom stereocenters. The van der Waals surface area contributed by atoms with E-state index in [4.69, 9.17) is 4.74 Å². The molecule has 0 aliphatic heterocycles. The summed E-state index contributed by atoms with van der Waals surface area (Å²) in [4.78, 5) is 0.310. The average molecular weight is 319 g/mol. The first-order valence-corrected chi connectivity index (χ1v) is 7.36. The van der Waals surface area contributed by atoms with Crippen molar-refractivity contribution in [1.82, 2.24) is 0 Å². The van der Waals surface area contributed by atoms with Gasteiger partial charge in [-0.25, -0.2) is 0 Å². The lowest BCUT2D eigenvalue weighted by molar-refractivity contribution is 0.411. The van der Waals surface area contributed by atoms with Crippen molar-refractivity contribution in [3.63, 3.8) is 0 Å². The molecule has 2 rings (SSSR count). The Morgan fingerprint density at radius 2 is 1.74 bits per heavy atom. The van der Waals surface area contributed by atoms with Crippen molar-refractivity contribution in [3.05, 3.63) is 64.7 Å². The minimum atomic E-state index is 0.310. The number of hydrogen-bond donors (Lipinski definition) is 0. The highest BCUT2D eigenvalue weighted by Gasteiger charge is 2.10. The van der Waals surface area contributed by atoms with Crippen molar-refractivity contribution in [1.29, 1.82) is 0 Å². The molecule has 0 saturated carbocycles. The number of rotatable bonds is 4. The number of halogens is 1. The molecular formula is C17H19BrO. The monoisotopic (exact) mass is 318 g/mol. The Hall–Kier alpha value is -1.28. The second-order valence-corrected chi connectivity index (χ2v) is 5.99. The molecule has 2 aromatic carbocycles. The minimum absolute atomic E-state index is 0.310. The van der Waals surface area contributed by atoms with Crippen LogP contribution in [-0.4, -0.2) is 7.11 Å². The molecule has 1 unspecified atom stereocenters. The van der Waals surface area contributed by atoms with Crippen LogP contribution in [0.3, 0.4) is 0 Å². The molecule has 2 heteroatoms. The largest absolute Gasteiger partial charge is 0.496 e. The Labute approximate surface area is 123 Å². The molecule has 100 valence electrons. The zero-order valence-electron chi connectivity index (χ0n) is 11.6. The van der Waals surface area contributed by atoms with E-state index in [0.29, 0.717) is 4.83 Å². The summed E-state index contributed by atoms with van der Waals surface area (Å²) in [5, 5.41) is 0. The van der Waals surface area contributed by atoms with Crippen LogP contribution in [0.25, 0.3) is 0 Å². The Kier molecular flexibility index (Phi) is 4.65. The van der Waals surface area contributed by atoms with Crippen LogP contribution in [-0.2, 0) is 6.42 Å². The molecule has 0 aromatic heterocycles. The molecular weight excluding hydrogens is 300 g/mol. The lowest BCUT2D eigenvalue weighted by Crippen LogP contribution is -1.97. The highest BCUT2D eigenvalue weighted by atomic mass is 79.9. The second kappa shape index (κ2) is 6.25. The van der Waals surface area contributed by atoms with Crippen LogP contribution in [0.15, 0.2) is 42.5 Å². The summed E-state index contributed by atoms with van der Waals surface area (Å²) in [6.07, 6.45) is 0.979. The van der Waals surface area contributed by atoms with E-state index in [-0.39, 0.29) is 0 Å². The van der Waals surface area contributed by atoms with Gasteiger partial charge in [0.1, 0.15) is 5.75 Å². The molecule has 0 fully saturated rings. The summed E-state index contributed by atoms with van der Waals surface area (Å²) in [6.45, 7) is 4.17. The highest BCUT2D eigenvalue weighted by Crippen LogP contribution is 2.31. The molecule has 0 amide bonds. The van der Waals surface area contributed by atoms with Gasteiger partial charge in [-0.05, 0) is 43.0 Å². The van der Waals surface area contributed by atoms with Crippen molar-refractivity contribution >= 4 is 15.9 Å². The van der Waals surface area contributed by atoms with E-state index in [1.165, 1.54) is 22.3 Å². The summed E-state index contributed by atoms with van der Waals surface area (Å²) in [6, 6.07) is 15.1. The quantitative estimate of drug-likeness (QED) is 0.721. The predicted octanol–water partition coefficient (Wildman–Crippen LogP) is 4.99. The van der Waals surface area contributed by atoms with E-state index in [2.05, 4.69) is 72.2 Å². The lowest BCUT2D eigenvalue weighted by Gasteiger charge is -2.13. The topological polar surface area (TPSA) is 9.23 Å². The molecule has 0 saturated heterocycles. The van der Waals surface area contributed by atoms with Gasteiger partial charge in [0, 0.05) is 4.83 Å². The van der Waals surface area contributed by atoms with E-state index in [1.807, 2.05) is 0 Å². The molecule has 0 spiro atoms. The number of hydrogen-bond acceptors (Lipinski definition) is 1. The first kappa shape index (κ1) is 14.1. The molecule has 0 aliphatic rings. The van der Waals surface area contributed by atoms with Gasteiger partial charge in [0.25, 0.3) is 0 Å².